The Labute approximate surface area is 91.0 Å². The molecule has 15 heavy (non-hydrogen) atoms. The zero-order valence-electron chi connectivity index (χ0n) is 9.32. The minimum Gasteiger partial charge on any atom is -0.376 e. The molecule has 0 atom stereocenters. The van der Waals surface area contributed by atoms with Gasteiger partial charge in [-0.2, -0.15) is 0 Å². The second-order valence-corrected chi connectivity index (χ2v) is 3.94. The molecule has 0 heterocycles. The van der Waals surface area contributed by atoms with Crippen molar-refractivity contribution in [2.24, 2.45) is 0 Å². The fourth-order valence-electron chi connectivity index (χ4n) is 1.77. The molecule has 0 saturated heterocycles. The van der Waals surface area contributed by atoms with Crippen molar-refractivity contribution < 1.29 is 0 Å². The maximum Gasteiger partial charge on any atom is 0.188 e. The van der Waals surface area contributed by atoms with Gasteiger partial charge in [0.1, 0.15) is 5.84 Å². The van der Waals surface area contributed by atoms with E-state index in [1.807, 2.05) is 0 Å². The third kappa shape index (κ3) is 4.67. The molecule has 0 unspecified atom stereocenters. The first-order valence-electron chi connectivity index (χ1n) is 5.56. The standard InChI is InChI=1S/C10H21N5/c1-13-9(11)7-14-10(12)15-8-5-3-2-4-6-8/h8H,2-7H2,1H3,(H2,11,13)(H3,12,14,15). The molecule has 0 spiro atoms. The minimum absolute atomic E-state index is 0.335. The van der Waals surface area contributed by atoms with Crippen LogP contribution in [0, 0.1) is 10.8 Å². The molecule has 0 bridgehead atoms. The summed E-state index contributed by atoms with van der Waals surface area (Å²) < 4.78 is 0. The molecule has 0 aromatic rings. The maximum absolute atomic E-state index is 7.65. The van der Waals surface area contributed by atoms with Gasteiger partial charge in [0.25, 0.3) is 0 Å². The number of hydrogen-bond acceptors (Lipinski definition) is 2. The fourth-order valence-corrected chi connectivity index (χ4v) is 1.77. The van der Waals surface area contributed by atoms with Crippen LogP contribution in [0.3, 0.4) is 0 Å². The van der Waals surface area contributed by atoms with Crippen LogP contribution in [-0.2, 0) is 0 Å². The van der Waals surface area contributed by atoms with Crippen molar-refractivity contribution in [3.63, 3.8) is 0 Å². The second kappa shape index (κ2) is 6.27. The van der Waals surface area contributed by atoms with Gasteiger partial charge in [-0.25, -0.2) is 0 Å². The lowest BCUT2D eigenvalue weighted by Crippen LogP contribution is -2.46. The van der Waals surface area contributed by atoms with Gasteiger partial charge in [0, 0.05) is 13.1 Å². The Morgan fingerprint density at radius 2 is 1.87 bits per heavy atom. The van der Waals surface area contributed by atoms with Crippen LogP contribution in [0.4, 0.5) is 0 Å². The Morgan fingerprint density at radius 1 is 1.20 bits per heavy atom. The summed E-state index contributed by atoms with van der Waals surface area (Å²) in [5.74, 6) is 0.729. The van der Waals surface area contributed by atoms with Crippen LogP contribution < -0.4 is 16.0 Å². The summed E-state index contributed by atoms with van der Waals surface area (Å²) in [6.45, 7) is 0.384. The summed E-state index contributed by atoms with van der Waals surface area (Å²) in [6.07, 6.45) is 6.17. The lowest BCUT2D eigenvalue weighted by atomic mass is 9.96. The van der Waals surface area contributed by atoms with Gasteiger partial charge in [-0.05, 0) is 12.8 Å². The van der Waals surface area contributed by atoms with E-state index in [9.17, 15) is 0 Å². The lowest BCUT2D eigenvalue weighted by molar-refractivity contribution is 0.410. The van der Waals surface area contributed by atoms with E-state index in [-0.39, 0.29) is 0 Å². The largest absolute Gasteiger partial charge is 0.376 e. The Kier molecular flexibility index (Phi) is 4.93. The summed E-state index contributed by atoms with van der Waals surface area (Å²) >= 11 is 0. The van der Waals surface area contributed by atoms with Gasteiger partial charge >= 0.3 is 0 Å². The number of guanidine groups is 1. The van der Waals surface area contributed by atoms with Crippen molar-refractivity contribution in [2.45, 2.75) is 38.1 Å². The summed E-state index contributed by atoms with van der Waals surface area (Å²) in [7, 11) is 1.71. The normalized spacial score (nSPS) is 16.9. The van der Waals surface area contributed by atoms with Crippen LogP contribution >= 0.6 is 0 Å². The average molecular weight is 211 g/mol. The maximum atomic E-state index is 7.65. The monoisotopic (exact) mass is 211 g/mol. The van der Waals surface area contributed by atoms with Crippen LogP contribution in [0.2, 0.25) is 0 Å². The molecule has 1 rings (SSSR count). The Balaban J connectivity index is 2.14. The smallest absolute Gasteiger partial charge is 0.188 e. The summed E-state index contributed by atoms with van der Waals surface area (Å²) in [5.41, 5.74) is 0. The molecule has 0 amide bonds. The van der Waals surface area contributed by atoms with Crippen molar-refractivity contribution >= 4 is 11.8 Å². The van der Waals surface area contributed by atoms with Crippen molar-refractivity contribution in [1.82, 2.24) is 16.0 Å². The third-order valence-electron chi connectivity index (χ3n) is 2.70. The molecule has 1 saturated carbocycles. The molecule has 0 aromatic heterocycles. The minimum atomic E-state index is 0.335. The van der Waals surface area contributed by atoms with Crippen LogP contribution in [0.25, 0.3) is 0 Å². The molecular weight excluding hydrogens is 190 g/mol. The number of likely N-dealkylation sites (N-methyl/N-ethyl adjacent to an activating group) is 1. The summed E-state index contributed by atoms with van der Waals surface area (Å²) in [6, 6.07) is 0.447. The summed E-state index contributed by atoms with van der Waals surface area (Å²) in [5, 5.41) is 23.7. The zero-order valence-corrected chi connectivity index (χ0v) is 9.32. The first-order chi connectivity index (χ1) is 7.22. The van der Waals surface area contributed by atoms with E-state index in [4.69, 9.17) is 10.8 Å². The van der Waals surface area contributed by atoms with E-state index in [1.165, 1.54) is 19.3 Å². The van der Waals surface area contributed by atoms with E-state index >= 15 is 0 Å². The number of nitrogens with one attached hydrogen (secondary N) is 5. The molecule has 86 valence electrons. The molecule has 5 N–H and O–H groups in total. The van der Waals surface area contributed by atoms with Gasteiger partial charge in [-0.1, -0.05) is 19.3 Å². The number of amidine groups is 1. The van der Waals surface area contributed by atoms with E-state index in [1.54, 1.807) is 7.05 Å². The summed E-state index contributed by atoms with van der Waals surface area (Å²) in [4.78, 5) is 0. The SMILES string of the molecule is CNC(=N)CNC(=N)NC1CCCCC1. The van der Waals surface area contributed by atoms with Gasteiger partial charge in [0.05, 0.1) is 6.54 Å². The highest BCUT2D eigenvalue weighted by Crippen LogP contribution is 2.16. The topological polar surface area (TPSA) is 83.8 Å². The highest BCUT2D eigenvalue weighted by Gasteiger charge is 2.13. The van der Waals surface area contributed by atoms with E-state index < -0.39 is 0 Å². The van der Waals surface area contributed by atoms with E-state index in [0.29, 0.717) is 24.4 Å². The Morgan fingerprint density at radius 3 is 2.47 bits per heavy atom. The van der Waals surface area contributed by atoms with Crippen LogP contribution in [0.5, 0.6) is 0 Å². The first kappa shape index (κ1) is 11.8. The van der Waals surface area contributed by atoms with Gasteiger partial charge in [-0.15, -0.1) is 0 Å². The van der Waals surface area contributed by atoms with Crippen LogP contribution in [0.15, 0.2) is 0 Å². The van der Waals surface area contributed by atoms with Gasteiger partial charge in [-0.3, -0.25) is 10.8 Å². The molecule has 1 aliphatic carbocycles. The molecule has 0 aliphatic heterocycles. The zero-order chi connectivity index (χ0) is 11.1. The van der Waals surface area contributed by atoms with Gasteiger partial charge in [0.2, 0.25) is 0 Å². The van der Waals surface area contributed by atoms with Gasteiger partial charge in [0.15, 0.2) is 5.96 Å². The highest BCUT2D eigenvalue weighted by molar-refractivity contribution is 5.86. The van der Waals surface area contributed by atoms with E-state index in [0.717, 1.165) is 12.8 Å². The van der Waals surface area contributed by atoms with Crippen molar-refractivity contribution in [2.75, 3.05) is 13.6 Å². The second-order valence-electron chi connectivity index (χ2n) is 3.94. The third-order valence-corrected chi connectivity index (χ3v) is 2.70. The Hall–Kier alpha value is -1.26. The Bertz CT molecular complexity index is 220. The molecule has 1 aliphatic rings. The lowest BCUT2D eigenvalue weighted by Gasteiger charge is -2.24. The number of rotatable bonds is 3. The van der Waals surface area contributed by atoms with Crippen LogP contribution in [-0.4, -0.2) is 31.4 Å². The molecular formula is C10H21N5. The molecule has 0 aromatic carbocycles. The van der Waals surface area contributed by atoms with Gasteiger partial charge < -0.3 is 16.0 Å². The number of hydrogen-bond donors (Lipinski definition) is 5. The van der Waals surface area contributed by atoms with Crippen molar-refractivity contribution in [3.8, 4) is 0 Å². The first-order valence-corrected chi connectivity index (χ1v) is 5.56. The quantitative estimate of drug-likeness (QED) is 0.351. The van der Waals surface area contributed by atoms with Crippen molar-refractivity contribution in [3.05, 3.63) is 0 Å². The molecule has 1 fully saturated rings. The highest BCUT2D eigenvalue weighted by atomic mass is 15.2. The van der Waals surface area contributed by atoms with Crippen molar-refractivity contribution in [1.29, 1.82) is 10.8 Å². The average Bonchev–Trinajstić information content (AvgIpc) is 2.27. The molecule has 0 radical (unpaired) electrons. The molecule has 5 heteroatoms. The molecule has 5 nitrogen and oxygen atoms in total. The van der Waals surface area contributed by atoms with Crippen LogP contribution in [0.1, 0.15) is 32.1 Å². The fraction of sp³-hybridized carbons (Fsp3) is 0.800. The predicted octanol–water partition coefficient (Wildman–Crippen LogP) is 0.630. The van der Waals surface area contributed by atoms with E-state index in [2.05, 4.69) is 16.0 Å². The predicted molar refractivity (Wildman–Crippen MR) is 62.5 cm³/mol.